The molecule has 0 radical (unpaired) electrons. The maximum atomic E-state index is 13.1. The van der Waals surface area contributed by atoms with Crippen molar-refractivity contribution in [2.24, 2.45) is 0 Å². The minimum Gasteiger partial charge on any atom is -0.481 e. The van der Waals surface area contributed by atoms with Crippen LogP contribution >= 0.6 is 11.6 Å². The van der Waals surface area contributed by atoms with Crippen molar-refractivity contribution in [3.05, 3.63) is 29.0 Å². The fourth-order valence-electron chi connectivity index (χ4n) is 2.30. The van der Waals surface area contributed by atoms with E-state index in [-0.39, 0.29) is 16.8 Å². The molecule has 0 saturated carbocycles. The highest BCUT2D eigenvalue weighted by Gasteiger charge is 2.26. The van der Waals surface area contributed by atoms with Crippen LogP contribution in [0, 0.1) is 5.82 Å². The molecule has 1 aliphatic heterocycles. The van der Waals surface area contributed by atoms with Gasteiger partial charge in [0.15, 0.2) is 6.10 Å². The molecule has 0 aromatic heterocycles. The highest BCUT2D eigenvalue weighted by atomic mass is 35.5. The molecule has 5 nitrogen and oxygen atoms in total. The fourth-order valence-corrected chi connectivity index (χ4v) is 2.47. The standard InChI is InChI=1S/C15H18ClFN2O3/c1-10(22-12-3-4-14(17)13(16)9-12)15(21)19-7-5-18(6-8-19)11(2)20/h3-4,9-10H,5-8H2,1-2H3. The highest BCUT2D eigenvalue weighted by Crippen LogP contribution is 2.22. The van der Waals surface area contributed by atoms with Crippen LogP contribution in [0.2, 0.25) is 5.02 Å². The number of nitrogens with zero attached hydrogens (tertiary/aromatic N) is 2. The van der Waals surface area contributed by atoms with Crippen LogP contribution in [0.15, 0.2) is 18.2 Å². The van der Waals surface area contributed by atoms with Crippen LogP contribution in [-0.4, -0.2) is 53.9 Å². The third-order valence-electron chi connectivity index (χ3n) is 3.59. The Kier molecular flexibility index (Phi) is 5.24. The Morgan fingerprint density at radius 1 is 1.23 bits per heavy atom. The largest absolute Gasteiger partial charge is 0.481 e. The van der Waals surface area contributed by atoms with Gasteiger partial charge in [0.25, 0.3) is 5.91 Å². The van der Waals surface area contributed by atoms with Gasteiger partial charge in [-0.15, -0.1) is 0 Å². The molecule has 1 saturated heterocycles. The zero-order valence-electron chi connectivity index (χ0n) is 12.5. The summed E-state index contributed by atoms with van der Waals surface area (Å²) in [5, 5.41) is -0.0489. The van der Waals surface area contributed by atoms with Crippen LogP contribution in [0.25, 0.3) is 0 Å². The molecule has 22 heavy (non-hydrogen) atoms. The Labute approximate surface area is 133 Å². The van der Waals surface area contributed by atoms with Gasteiger partial charge in [0, 0.05) is 39.2 Å². The van der Waals surface area contributed by atoms with Crippen molar-refractivity contribution in [3.63, 3.8) is 0 Å². The molecule has 2 rings (SSSR count). The van der Waals surface area contributed by atoms with E-state index < -0.39 is 11.9 Å². The zero-order valence-corrected chi connectivity index (χ0v) is 13.3. The van der Waals surface area contributed by atoms with E-state index in [1.54, 1.807) is 16.7 Å². The van der Waals surface area contributed by atoms with Gasteiger partial charge in [-0.05, 0) is 19.1 Å². The molecule has 120 valence electrons. The number of hydrogen-bond acceptors (Lipinski definition) is 3. The Balaban J connectivity index is 1.92. The molecular weight excluding hydrogens is 311 g/mol. The number of piperazine rings is 1. The van der Waals surface area contributed by atoms with E-state index >= 15 is 0 Å². The summed E-state index contributed by atoms with van der Waals surface area (Å²) in [4.78, 5) is 27.0. The molecule has 2 amide bonds. The molecular formula is C15H18ClFN2O3. The Bertz CT molecular complexity index is 574. The number of rotatable bonds is 3. The predicted molar refractivity (Wildman–Crippen MR) is 80.3 cm³/mol. The first-order chi connectivity index (χ1) is 10.4. The van der Waals surface area contributed by atoms with Crippen molar-refractivity contribution in [2.75, 3.05) is 26.2 Å². The van der Waals surface area contributed by atoms with Gasteiger partial charge in [-0.25, -0.2) is 4.39 Å². The molecule has 1 fully saturated rings. The van der Waals surface area contributed by atoms with Crippen LogP contribution in [0.3, 0.4) is 0 Å². The fraction of sp³-hybridized carbons (Fsp3) is 0.467. The number of ether oxygens (including phenoxy) is 1. The summed E-state index contributed by atoms with van der Waals surface area (Å²) in [7, 11) is 0. The third-order valence-corrected chi connectivity index (χ3v) is 3.88. The summed E-state index contributed by atoms with van der Waals surface area (Å²) in [6.07, 6.45) is -0.703. The van der Waals surface area contributed by atoms with E-state index in [4.69, 9.17) is 16.3 Å². The molecule has 0 spiro atoms. The predicted octanol–water partition coefficient (Wildman–Crippen LogP) is 1.94. The van der Waals surface area contributed by atoms with Crippen molar-refractivity contribution in [3.8, 4) is 5.75 Å². The van der Waals surface area contributed by atoms with E-state index in [0.29, 0.717) is 31.9 Å². The number of halogens is 2. The van der Waals surface area contributed by atoms with Crippen molar-refractivity contribution >= 4 is 23.4 Å². The van der Waals surface area contributed by atoms with E-state index in [0.717, 1.165) is 0 Å². The summed E-state index contributed by atoms with van der Waals surface area (Å²) >= 11 is 5.68. The summed E-state index contributed by atoms with van der Waals surface area (Å²) in [5.74, 6) is -0.344. The van der Waals surface area contributed by atoms with Gasteiger partial charge in [0.05, 0.1) is 5.02 Å². The molecule has 1 aromatic carbocycles. The van der Waals surface area contributed by atoms with Gasteiger partial charge in [0.2, 0.25) is 5.91 Å². The summed E-state index contributed by atoms with van der Waals surface area (Å²) in [6.45, 7) is 5.16. The average molecular weight is 329 g/mol. The SMILES string of the molecule is CC(=O)N1CCN(C(=O)C(C)Oc2ccc(F)c(Cl)c2)CC1. The van der Waals surface area contributed by atoms with E-state index in [2.05, 4.69) is 0 Å². The van der Waals surface area contributed by atoms with Crippen molar-refractivity contribution in [1.29, 1.82) is 0 Å². The number of benzene rings is 1. The lowest BCUT2D eigenvalue weighted by molar-refractivity contribution is -0.143. The molecule has 0 bridgehead atoms. The lowest BCUT2D eigenvalue weighted by Crippen LogP contribution is -2.52. The lowest BCUT2D eigenvalue weighted by Gasteiger charge is -2.35. The van der Waals surface area contributed by atoms with E-state index in [1.165, 1.54) is 25.1 Å². The summed E-state index contributed by atoms with van der Waals surface area (Å²) < 4.78 is 18.6. The zero-order chi connectivity index (χ0) is 16.3. The molecule has 1 unspecified atom stereocenters. The normalized spacial score (nSPS) is 16.4. The molecule has 1 atom stereocenters. The molecule has 1 heterocycles. The topological polar surface area (TPSA) is 49.9 Å². The molecule has 1 aliphatic rings. The summed E-state index contributed by atoms with van der Waals surface area (Å²) in [5.41, 5.74) is 0. The van der Waals surface area contributed by atoms with Gasteiger partial charge < -0.3 is 14.5 Å². The maximum Gasteiger partial charge on any atom is 0.263 e. The van der Waals surface area contributed by atoms with Crippen LogP contribution in [0.1, 0.15) is 13.8 Å². The van der Waals surface area contributed by atoms with Crippen LogP contribution in [0.5, 0.6) is 5.75 Å². The van der Waals surface area contributed by atoms with Crippen molar-refractivity contribution < 1.29 is 18.7 Å². The highest BCUT2D eigenvalue weighted by molar-refractivity contribution is 6.30. The monoisotopic (exact) mass is 328 g/mol. The summed E-state index contributed by atoms with van der Waals surface area (Å²) in [6, 6.07) is 3.97. The van der Waals surface area contributed by atoms with E-state index in [9.17, 15) is 14.0 Å². The Hall–Kier alpha value is -1.82. The first-order valence-electron chi connectivity index (χ1n) is 7.04. The molecule has 1 aromatic rings. The number of carbonyl (C=O) groups excluding carboxylic acids is 2. The minimum atomic E-state index is -0.703. The third kappa shape index (κ3) is 3.88. The Morgan fingerprint density at radius 2 is 1.82 bits per heavy atom. The van der Waals surface area contributed by atoms with Crippen molar-refractivity contribution in [1.82, 2.24) is 9.80 Å². The van der Waals surface area contributed by atoms with Gasteiger partial charge >= 0.3 is 0 Å². The molecule has 0 N–H and O–H groups in total. The van der Waals surface area contributed by atoms with Crippen LogP contribution < -0.4 is 4.74 Å². The van der Waals surface area contributed by atoms with Gasteiger partial charge in [0.1, 0.15) is 11.6 Å². The number of amides is 2. The van der Waals surface area contributed by atoms with Gasteiger partial charge in [-0.2, -0.15) is 0 Å². The second kappa shape index (κ2) is 6.96. The minimum absolute atomic E-state index is 0.0114. The lowest BCUT2D eigenvalue weighted by atomic mass is 10.2. The maximum absolute atomic E-state index is 13.1. The number of carbonyl (C=O) groups is 2. The van der Waals surface area contributed by atoms with Crippen molar-refractivity contribution in [2.45, 2.75) is 20.0 Å². The van der Waals surface area contributed by atoms with E-state index in [1.807, 2.05) is 0 Å². The number of hydrogen-bond donors (Lipinski definition) is 0. The average Bonchev–Trinajstić information content (AvgIpc) is 2.50. The second-order valence-electron chi connectivity index (χ2n) is 5.17. The smallest absolute Gasteiger partial charge is 0.263 e. The molecule has 7 heteroatoms. The van der Waals surface area contributed by atoms with Gasteiger partial charge in [-0.3, -0.25) is 9.59 Å². The first-order valence-corrected chi connectivity index (χ1v) is 7.42. The van der Waals surface area contributed by atoms with Gasteiger partial charge in [-0.1, -0.05) is 11.6 Å². The second-order valence-corrected chi connectivity index (χ2v) is 5.57. The quantitative estimate of drug-likeness (QED) is 0.852. The first kappa shape index (κ1) is 16.5. The molecule has 0 aliphatic carbocycles. The van der Waals surface area contributed by atoms with Crippen LogP contribution in [-0.2, 0) is 9.59 Å². The Morgan fingerprint density at radius 3 is 2.36 bits per heavy atom. The van der Waals surface area contributed by atoms with Crippen LogP contribution in [0.4, 0.5) is 4.39 Å².